The van der Waals surface area contributed by atoms with Gasteiger partial charge in [-0.3, -0.25) is 4.90 Å². The van der Waals surface area contributed by atoms with Gasteiger partial charge in [-0.2, -0.15) is 0 Å². The summed E-state index contributed by atoms with van der Waals surface area (Å²) >= 11 is 0. The van der Waals surface area contributed by atoms with Crippen molar-refractivity contribution in [2.75, 3.05) is 11.4 Å². The SMILES string of the molecule is CCCCN(C(=O)N[C@H](C(=O)O)[C@@H](C)O)c1ccccc1. The van der Waals surface area contributed by atoms with Crippen molar-refractivity contribution in [3.05, 3.63) is 30.3 Å². The lowest BCUT2D eigenvalue weighted by molar-refractivity contribution is -0.141. The van der Waals surface area contributed by atoms with Crippen LogP contribution >= 0.6 is 0 Å². The number of unbranched alkanes of at least 4 members (excludes halogenated alkanes) is 1. The Morgan fingerprint density at radius 1 is 1.29 bits per heavy atom. The number of anilines is 1. The lowest BCUT2D eigenvalue weighted by Crippen LogP contribution is -2.52. The van der Waals surface area contributed by atoms with Crippen LogP contribution in [0.15, 0.2) is 30.3 Å². The van der Waals surface area contributed by atoms with Crippen molar-refractivity contribution in [1.29, 1.82) is 0 Å². The monoisotopic (exact) mass is 294 g/mol. The molecule has 2 atom stereocenters. The van der Waals surface area contributed by atoms with Crippen molar-refractivity contribution in [3.8, 4) is 0 Å². The van der Waals surface area contributed by atoms with Crippen LogP contribution in [-0.2, 0) is 4.79 Å². The highest BCUT2D eigenvalue weighted by molar-refractivity contribution is 5.94. The lowest BCUT2D eigenvalue weighted by atomic mass is 10.2. The predicted octanol–water partition coefficient (Wildman–Crippen LogP) is 1.84. The number of aliphatic carboxylic acids is 1. The zero-order chi connectivity index (χ0) is 15.8. The second-order valence-electron chi connectivity index (χ2n) is 4.85. The smallest absolute Gasteiger partial charge is 0.328 e. The van der Waals surface area contributed by atoms with Crippen LogP contribution in [-0.4, -0.2) is 40.9 Å². The van der Waals surface area contributed by atoms with Crippen LogP contribution < -0.4 is 10.2 Å². The third kappa shape index (κ3) is 5.07. The first-order valence-corrected chi connectivity index (χ1v) is 7.01. The minimum absolute atomic E-state index is 0.485. The van der Waals surface area contributed by atoms with Gasteiger partial charge in [0.05, 0.1) is 6.10 Å². The van der Waals surface area contributed by atoms with Crippen molar-refractivity contribution in [2.45, 2.75) is 38.8 Å². The second kappa shape index (κ2) is 8.26. The van der Waals surface area contributed by atoms with Gasteiger partial charge in [0, 0.05) is 12.2 Å². The first-order valence-electron chi connectivity index (χ1n) is 7.01. The zero-order valence-electron chi connectivity index (χ0n) is 12.3. The molecule has 0 aliphatic heterocycles. The van der Waals surface area contributed by atoms with E-state index in [2.05, 4.69) is 5.32 Å². The zero-order valence-corrected chi connectivity index (χ0v) is 12.3. The molecule has 0 aromatic heterocycles. The first kappa shape index (κ1) is 17.0. The summed E-state index contributed by atoms with van der Waals surface area (Å²) in [6.45, 7) is 3.83. The highest BCUT2D eigenvalue weighted by atomic mass is 16.4. The molecular weight excluding hydrogens is 272 g/mol. The van der Waals surface area contributed by atoms with Gasteiger partial charge in [-0.15, -0.1) is 0 Å². The predicted molar refractivity (Wildman–Crippen MR) is 80.3 cm³/mol. The van der Waals surface area contributed by atoms with Crippen LogP contribution in [0.4, 0.5) is 10.5 Å². The van der Waals surface area contributed by atoms with E-state index in [1.165, 1.54) is 11.8 Å². The molecule has 1 rings (SSSR count). The van der Waals surface area contributed by atoms with Crippen LogP contribution in [0.5, 0.6) is 0 Å². The van der Waals surface area contributed by atoms with Crippen LogP contribution in [0.1, 0.15) is 26.7 Å². The number of urea groups is 1. The molecule has 0 fully saturated rings. The minimum atomic E-state index is -1.33. The summed E-state index contributed by atoms with van der Waals surface area (Å²) in [6.07, 6.45) is 0.541. The Bertz CT molecular complexity index is 462. The van der Waals surface area contributed by atoms with Crippen molar-refractivity contribution in [3.63, 3.8) is 0 Å². The molecule has 0 bridgehead atoms. The maximum Gasteiger partial charge on any atom is 0.328 e. The molecule has 0 radical (unpaired) electrons. The molecule has 0 aliphatic rings. The van der Waals surface area contributed by atoms with Gasteiger partial charge < -0.3 is 15.5 Å². The van der Waals surface area contributed by atoms with E-state index in [-0.39, 0.29) is 0 Å². The highest BCUT2D eigenvalue weighted by Gasteiger charge is 2.27. The number of benzene rings is 1. The number of amides is 2. The number of aliphatic hydroxyl groups excluding tert-OH is 1. The molecule has 3 N–H and O–H groups in total. The molecule has 0 spiro atoms. The molecule has 116 valence electrons. The van der Waals surface area contributed by atoms with Gasteiger partial charge in [0.1, 0.15) is 0 Å². The summed E-state index contributed by atoms with van der Waals surface area (Å²) in [6, 6.07) is 7.18. The Hall–Kier alpha value is -2.08. The summed E-state index contributed by atoms with van der Waals surface area (Å²) in [5.74, 6) is -1.26. The third-order valence-electron chi connectivity index (χ3n) is 3.08. The maximum absolute atomic E-state index is 12.3. The van der Waals surface area contributed by atoms with Crippen molar-refractivity contribution >= 4 is 17.7 Å². The normalized spacial score (nSPS) is 13.3. The Morgan fingerprint density at radius 2 is 1.90 bits per heavy atom. The summed E-state index contributed by atoms with van der Waals surface area (Å²) in [5.41, 5.74) is 0.693. The molecule has 1 aromatic carbocycles. The summed E-state index contributed by atoms with van der Waals surface area (Å²) in [5, 5.41) is 20.8. The fourth-order valence-electron chi connectivity index (χ4n) is 1.87. The number of hydrogen-bond acceptors (Lipinski definition) is 3. The molecule has 0 aliphatic carbocycles. The van der Waals surface area contributed by atoms with E-state index in [1.807, 2.05) is 25.1 Å². The molecule has 0 unspecified atom stereocenters. The average Bonchev–Trinajstić information content (AvgIpc) is 2.45. The molecule has 6 nitrogen and oxygen atoms in total. The quantitative estimate of drug-likeness (QED) is 0.715. The van der Waals surface area contributed by atoms with E-state index < -0.39 is 24.1 Å². The van der Waals surface area contributed by atoms with Crippen LogP contribution in [0.3, 0.4) is 0 Å². The van der Waals surface area contributed by atoms with Gasteiger partial charge >= 0.3 is 12.0 Å². The molecule has 2 amide bonds. The Balaban J connectivity index is 2.87. The number of carbonyl (C=O) groups is 2. The van der Waals surface area contributed by atoms with Gasteiger partial charge in [-0.1, -0.05) is 31.5 Å². The van der Waals surface area contributed by atoms with Crippen molar-refractivity contribution in [1.82, 2.24) is 5.32 Å². The molecule has 0 saturated carbocycles. The van der Waals surface area contributed by atoms with Gasteiger partial charge in [-0.25, -0.2) is 9.59 Å². The summed E-state index contributed by atoms with van der Waals surface area (Å²) in [7, 11) is 0. The second-order valence-corrected chi connectivity index (χ2v) is 4.85. The minimum Gasteiger partial charge on any atom is -0.480 e. The summed E-state index contributed by atoms with van der Waals surface area (Å²) < 4.78 is 0. The number of para-hydroxylation sites is 1. The van der Waals surface area contributed by atoms with Crippen LogP contribution in [0.2, 0.25) is 0 Å². The number of nitrogens with zero attached hydrogens (tertiary/aromatic N) is 1. The number of carboxylic acid groups (broad SMARTS) is 1. The van der Waals surface area contributed by atoms with E-state index in [0.717, 1.165) is 12.8 Å². The van der Waals surface area contributed by atoms with E-state index in [0.29, 0.717) is 12.2 Å². The molecule has 1 aromatic rings. The van der Waals surface area contributed by atoms with Crippen molar-refractivity contribution < 1.29 is 19.8 Å². The lowest BCUT2D eigenvalue weighted by Gasteiger charge is -2.26. The highest BCUT2D eigenvalue weighted by Crippen LogP contribution is 2.14. The van der Waals surface area contributed by atoms with Crippen molar-refractivity contribution in [2.24, 2.45) is 0 Å². The number of hydrogen-bond donors (Lipinski definition) is 3. The third-order valence-corrected chi connectivity index (χ3v) is 3.08. The number of aliphatic hydroxyl groups is 1. The van der Waals surface area contributed by atoms with Crippen LogP contribution in [0.25, 0.3) is 0 Å². The van der Waals surface area contributed by atoms with Gasteiger partial charge in [-0.05, 0) is 25.5 Å². The molecule has 21 heavy (non-hydrogen) atoms. The maximum atomic E-state index is 12.3. The van der Waals surface area contributed by atoms with E-state index >= 15 is 0 Å². The molecule has 0 heterocycles. The first-order chi connectivity index (χ1) is 9.97. The Morgan fingerprint density at radius 3 is 2.38 bits per heavy atom. The molecule has 6 heteroatoms. The fourth-order valence-corrected chi connectivity index (χ4v) is 1.87. The fraction of sp³-hybridized carbons (Fsp3) is 0.467. The number of nitrogens with one attached hydrogen (secondary N) is 1. The Kier molecular flexibility index (Phi) is 6.68. The Labute approximate surface area is 124 Å². The molecular formula is C15H22N2O4. The standard InChI is InChI=1S/C15H22N2O4/c1-3-4-10-17(12-8-6-5-7-9-12)15(21)16-13(11(2)18)14(19)20/h5-9,11,13,18H,3-4,10H2,1-2H3,(H,16,21)(H,19,20)/t11-,13+/m1/s1. The van der Waals surface area contributed by atoms with Crippen LogP contribution in [0, 0.1) is 0 Å². The number of carbonyl (C=O) groups excluding carboxylic acids is 1. The van der Waals surface area contributed by atoms with Gasteiger partial charge in [0.25, 0.3) is 0 Å². The number of carboxylic acids is 1. The summed E-state index contributed by atoms with van der Waals surface area (Å²) in [4.78, 5) is 24.9. The largest absolute Gasteiger partial charge is 0.480 e. The average molecular weight is 294 g/mol. The topological polar surface area (TPSA) is 89.9 Å². The van der Waals surface area contributed by atoms with Gasteiger partial charge in [0.15, 0.2) is 6.04 Å². The molecule has 0 saturated heterocycles. The van der Waals surface area contributed by atoms with Gasteiger partial charge in [0.2, 0.25) is 0 Å². The number of rotatable bonds is 7. The van der Waals surface area contributed by atoms with E-state index in [9.17, 15) is 14.7 Å². The van der Waals surface area contributed by atoms with E-state index in [4.69, 9.17) is 5.11 Å². The van der Waals surface area contributed by atoms with E-state index in [1.54, 1.807) is 12.1 Å².